The number of aliphatic hydroxyl groups excluding tert-OH is 1. The van der Waals surface area contributed by atoms with Gasteiger partial charge >= 0.3 is 6.18 Å². The van der Waals surface area contributed by atoms with E-state index in [1.165, 1.54) is 19.2 Å². The third-order valence-electron chi connectivity index (χ3n) is 2.11. The molecule has 0 heterocycles. The van der Waals surface area contributed by atoms with Crippen LogP contribution in [0.2, 0.25) is 5.02 Å². The Bertz CT molecular complexity index is 396. The van der Waals surface area contributed by atoms with Crippen molar-refractivity contribution < 1.29 is 27.8 Å². The second-order valence-electron chi connectivity index (χ2n) is 3.53. The molecule has 0 fully saturated rings. The lowest BCUT2D eigenvalue weighted by atomic mass is 10.1. The molecule has 1 rings (SSSR count). The molecule has 1 aromatic carbocycles. The van der Waals surface area contributed by atoms with Gasteiger partial charge in [-0.1, -0.05) is 17.7 Å². The highest BCUT2D eigenvalue weighted by Gasteiger charge is 2.28. The van der Waals surface area contributed by atoms with Gasteiger partial charge in [0.1, 0.15) is 18.5 Å². The Morgan fingerprint density at radius 3 is 2.56 bits per heavy atom. The molecule has 3 nitrogen and oxygen atoms in total. The first kappa shape index (κ1) is 15.1. The molecule has 102 valence electrons. The molecule has 0 radical (unpaired) electrons. The summed E-state index contributed by atoms with van der Waals surface area (Å²) in [5.74, 6) is 0.493. The fourth-order valence-electron chi connectivity index (χ4n) is 1.28. The van der Waals surface area contributed by atoms with Crippen LogP contribution >= 0.6 is 11.6 Å². The zero-order valence-electron chi connectivity index (χ0n) is 9.50. The van der Waals surface area contributed by atoms with Gasteiger partial charge in [0.2, 0.25) is 0 Å². The first-order valence-corrected chi connectivity index (χ1v) is 5.37. The number of halogens is 4. The molecular formula is C11H12ClF3O3. The van der Waals surface area contributed by atoms with Crippen molar-refractivity contribution in [3.05, 3.63) is 28.8 Å². The number of benzene rings is 1. The van der Waals surface area contributed by atoms with Crippen LogP contribution in [0.1, 0.15) is 11.7 Å². The van der Waals surface area contributed by atoms with Gasteiger partial charge in [0.25, 0.3) is 0 Å². The predicted molar refractivity (Wildman–Crippen MR) is 59.8 cm³/mol. The van der Waals surface area contributed by atoms with Crippen LogP contribution in [-0.2, 0) is 4.74 Å². The maximum atomic E-state index is 11.8. The van der Waals surface area contributed by atoms with E-state index in [0.717, 1.165) is 0 Å². The third-order valence-corrected chi connectivity index (χ3v) is 2.44. The Hall–Kier alpha value is -0.980. The molecule has 1 unspecified atom stereocenters. The first-order chi connectivity index (χ1) is 8.33. The second-order valence-corrected chi connectivity index (χ2v) is 3.94. The van der Waals surface area contributed by atoms with Crippen LogP contribution in [0.3, 0.4) is 0 Å². The van der Waals surface area contributed by atoms with Crippen LogP contribution in [-0.4, -0.2) is 31.6 Å². The molecule has 18 heavy (non-hydrogen) atoms. The number of methoxy groups -OCH3 is 1. The van der Waals surface area contributed by atoms with Crippen LogP contribution in [0, 0.1) is 0 Å². The molecule has 0 aliphatic carbocycles. The van der Waals surface area contributed by atoms with Crippen LogP contribution in [0.4, 0.5) is 13.2 Å². The Kier molecular flexibility index (Phi) is 5.25. The summed E-state index contributed by atoms with van der Waals surface area (Å²) < 4.78 is 44.8. The van der Waals surface area contributed by atoms with E-state index in [1.54, 1.807) is 6.07 Å². The van der Waals surface area contributed by atoms with Gasteiger partial charge in [0, 0.05) is 5.56 Å². The predicted octanol–water partition coefficient (Wildman–Crippen LogP) is 2.96. The summed E-state index contributed by atoms with van der Waals surface area (Å²) in [7, 11) is 1.45. The molecule has 0 bridgehead atoms. The zero-order valence-corrected chi connectivity index (χ0v) is 10.3. The largest absolute Gasteiger partial charge is 0.497 e. The molecule has 1 aromatic rings. The van der Waals surface area contributed by atoms with Gasteiger partial charge < -0.3 is 14.6 Å². The molecule has 7 heteroatoms. The smallest absolute Gasteiger partial charge is 0.411 e. The van der Waals surface area contributed by atoms with Gasteiger partial charge in [0.05, 0.1) is 18.7 Å². The van der Waals surface area contributed by atoms with E-state index >= 15 is 0 Å². The summed E-state index contributed by atoms with van der Waals surface area (Å²) in [4.78, 5) is 0. The minimum Gasteiger partial charge on any atom is -0.497 e. The van der Waals surface area contributed by atoms with E-state index in [9.17, 15) is 18.3 Å². The number of hydrogen-bond donors (Lipinski definition) is 1. The molecule has 0 saturated carbocycles. The Morgan fingerprint density at radius 1 is 1.39 bits per heavy atom. The molecule has 0 spiro atoms. The number of rotatable bonds is 5. The molecule has 0 saturated heterocycles. The first-order valence-electron chi connectivity index (χ1n) is 4.99. The fourth-order valence-corrected chi connectivity index (χ4v) is 1.58. The highest BCUT2D eigenvalue weighted by Crippen LogP contribution is 2.27. The zero-order chi connectivity index (χ0) is 13.8. The van der Waals surface area contributed by atoms with Crippen molar-refractivity contribution in [3.63, 3.8) is 0 Å². The molecular weight excluding hydrogens is 273 g/mol. The average molecular weight is 285 g/mol. The lowest BCUT2D eigenvalue weighted by Gasteiger charge is -2.14. The van der Waals surface area contributed by atoms with Crippen LogP contribution in [0.25, 0.3) is 0 Å². The van der Waals surface area contributed by atoms with E-state index in [1.807, 2.05) is 0 Å². The quantitative estimate of drug-likeness (QED) is 0.903. The monoisotopic (exact) mass is 284 g/mol. The van der Waals surface area contributed by atoms with Gasteiger partial charge in [-0.2, -0.15) is 13.2 Å². The molecule has 0 aliphatic heterocycles. The second kappa shape index (κ2) is 6.26. The van der Waals surface area contributed by atoms with Crippen molar-refractivity contribution in [2.45, 2.75) is 12.3 Å². The van der Waals surface area contributed by atoms with Crippen molar-refractivity contribution in [3.8, 4) is 5.75 Å². The summed E-state index contributed by atoms with van der Waals surface area (Å²) >= 11 is 5.85. The van der Waals surface area contributed by atoms with Crippen molar-refractivity contribution in [2.75, 3.05) is 20.3 Å². The maximum Gasteiger partial charge on any atom is 0.411 e. The highest BCUT2D eigenvalue weighted by molar-refractivity contribution is 6.31. The van der Waals surface area contributed by atoms with Crippen LogP contribution < -0.4 is 4.74 Å². The van der Waals surface area contributed by atoms with E-state index < -0.39 is 25.5 Å². The molecule has 0 amide bonds. The number of alkyl halides is 3. The van der Waals surface area contributed by atoms with Gasteiger partial charge in [-0.25, -0.2) is 0 Å². The minimum absolute atomic E-state index is 0.206. The summed E-state index contributed by atoms with van der Waals surface area (Å²) in [6.45, 7) is -1.89. The Balaban J connectivity index is 2.59. The van der Waals surface area contributed by atoms with Crippen LogP contribution in [0.5, 0.6) is 5.75 Å². The normalized spacial score (nSPS) is 13.4. The summed E-state index contributed by atoms with van der Waals surface area (Å²) in [6, 6.07) is 4.49. The summed E-state index contributed by atoms with van der Waals surface area (Å²) in [5, 5.41) is 9.85. The van der Waals surface area contributed by atoms with Crippen molar-refractivity contribution in [1.29, 1.82) is 0 Å². The molecule has 0 aromatic heterocycles. The van der Waals surface area contributed by atoms with Crippen molar-refractivity contribution in [1.82, 2.24) is 0 Å². The summed E-state index contributed by atoms with van der Waals surface area (Å²) in [6.07, 6.45) is -5.63. The van der Waals surface area contributed by atoms with Crippen molar-refractivity contribution in [2.24, 2.45) is 0 Å². The van der Waals surface area contributed by atoms with E-state index in [4.69, 9.17) is 16.3 Å². The van der Waals surface area contributed by atoms with E-state index in [2.05, 4.69) is 4.74 Å². The summed E-state index contributed by atoms with van der Waals surface area (Å²) in [5.41, 5.74) is 0.291. The Morgan fingerprint density at radius 2 is 2.06 bits per heavy atom. The number of aliphatic hydroxyl groups is 1. The highest BCUT2D eigenvalue weighted by atomic mass is 35.5. The van der Waals surface area contributed by atoms with Gasteiger partial charge in [-0.15, -0.1) is 0 Å². The van der Waals surface area contributed by atoms with E-state index in [0.29, 0.717) is 11.3 Å². The SMILES string of the molecule is COc1ccc(C(O)COCC(F)(F)F)c(Cl)c1. The lowest BCUT2D eigenvalue weighted by molar-refractivity contribution is -0.179. The topological polar surface area (TPSA) is 38.7 Å². The Labute approximate surface area is 107 Å². The molecule has 1 N–H and O–H groups in total. The number of ether oxygens (including phenoxy) is 2. The fraction of sp³-hybridized carbons (Fsp3) is 0.455. The van der Waals surface area contributed by atoms with Gasteiger partial charge in [-0.3, -0.25) is 0 Å². The van der Waals surface area contributed by atoms with Crippen molar-refractivity contribution >= 4 is 11.6 Å². The van der Waals surface area contributed by atoms with E-state index in [-0.39, 0.29) is 5.02 Å². The maximum absolute atomic E-state index is 11.8. The van der Waals surface area contributed by atoms with Gasteiger partial charge in [0.15, 0.2) is 0 Å². The molecule has 1 atom stereocenters. The average Bonchev–Trinajstić information content (AvgIpc) is 2.26. The minimum atomic E-state index is -4.41. The third kappa shape index (κ3) is 4.72. The lowest BCUT2D eigenvalue weighted by Crippen LogP contribution is -2.19. The number of hydrogen-bond acceptors (Lipinski definition) is 3. The standard InChI is InChI=1S/C11H12ClF3O3/c1-17-7-2-3-8(9(12)4-7)10(16)5-18-6-11(13,14)15/h2-4,10,16H,5-6H2,1H3. The van der Waals surface area contributed by atoms with Crippen LogP contribution in [0.15, 0.2) is 18.2 Å². The molecule has 0 aliphatic rings. The van der Waals surface area contributed by atoms with Gasteiger partial charge in [-0.05, 0) is 12.1 Å².